The van der Waals surface area contributed by atoms with Crippen LogP contribution in [0.5, 0.6) is 0 Å². The van der Waals surface area contributed by atoms with E-state index in [-0.39, 0.29) is 49.9 Å². The van der Waals surface area contributed by atoms with Gasteiger partial charge in [0.15, 0.2) is 0 Å². The first-order valence-corrected chi connectivity index (χ1v) is 10.7. The molecule has 7 nitrogen and oxygen atoms in total. The van der Waals surface area contributed by atoms with Crippen LogP contribution in [0.15, 0.2) is 23.1 Å². The average Bonchev–Trinajstić information content (AvgIpc) is 2.92. The zero-order chi connectivity index (χ0) is 21.4. The number of amides is 2. The third kappa shape index (κ3) is 4.55. The summed E-state index contributed by atoms with van der Waals surface area (Å²) in [5, 5.41) is 0. The SMILES string of the molecule is CC(=O)N1CCCN(S(=O)(=O)c2ccc3c(c2)CN(C(=O)C(F)(F)F)CC3)CC1. The zero-order valence-electron chi connectivity index (χ0n) is 15.9. The van der Waals surface area contributed by atoms with E-state index < -0.39 is 22.1 Å². The van der Waals surface area contributed by atoms with Crippen LogP contribution in [0.3, 0.4) is 0 Å². The van der Waals surface area contributed by atoms with Gasteiger partial charge in [-0.3, -0.25) is 9.59 Å². The molecule has 11 heteroatoms. The lowest BCUT2D eigenvalue weighted by molar-refractivity contribution is -0.186. The van der Waals surface area contributed by atoms with Gasteiger partial charge in [-0.15, -0.1) is 0 Å². The molecule has 0 aromatic heterocycles. The van der Waals surface area contributed by atoms with E-state index in [0.29, 0.717) is 23.4 Å². The Kier molecular flexibility index (Phi) is 5.91. The Labute approximate surface area is 167 Å². The summed E-state index contributed by atoms with van der Waals surface area (Å²) in [7, 11) is -3.86. The highest BCUT2D eigenvalue weighted by molar-refractivity contribution is 7.89. The molecule has 0 unspecified atom stereocenters. The fourth-order valence-corrected chi connectivity index (χ4v) is 5.17. The van der Waals surface area contributed by atoms with E-state index in [1.54, 1.807) is 11.0 Å². The van der Waals surface area contributed by atoms with Gasteiger partial charge in [-0.2, -0.15) is 17.5 Å². The van der Waals surface area contributed by atoms with Crippen molar-refractivity contribution in [1.29, 1.82) is 0 Å². The van der Waals surface area contributed by atoms with Gasteiger partial charge < -0.3 is 9.80 Å². The Hall–Kier alpha value is -2.14. The van der Waals surface area contributed by atoms with Crippen LogP contribution in [-0.4, -0.2) is 73.2 Å². The number of rotatable bonds is 2. The van der Waals surface area contributed by atoms with E-state index in [2.05, 4.69) is 0 Å². The largest absolute Gasteiger partial charge is 0.471 e. The minimum atomic E-state index is -4.96. The first kappa shape index (κ1) is 21.6. The third-order valence-electron chi connectivity index (χ3n) is 5.26. The molecule has 0 atom stereocenters. The summed E-state index contributed by atoms with van der Waals surface area (Å²) < 4.78 is 65.5. The van der Waals surface area contributed by atoms with Crippen molar-refractivity contribution in [2.24, 2.45) is 0 Å². The maximum absolute atomic E-state index is 13.0. The predicted molar refractivity (Wildman–Crippen MR) is 97.2 cm³/mol. The van der Waals surface area contributed by atoms with Gasteiger partial charge in [0.05, 0.1) is 4.90 Å². The van der Waals surface area contributed by atoms with E-state index in [1.807, 2.05) is 0 Å². The van der Waals surface area contributed by atoms with Crippen LogP contribution >= 0.6 is 0 Å². The molecule has 2 aliphatic heterocycles. The van der Waals surface area contributed by atoms with E-state index in [4.69, 9.17) is 0 Å². The van der Waals surface area contributed by atoms with Gasteiger partial charge >= 0.3 is 12.1 Å². The Bertz CT molecular complexity index is 917. The van der Waals surface area contributed by atoms with Gasteiger partial charge in [-0.1, -0.05) is 6.07 Å². The predicted octanol–water partition coefficient (Wildman–Crippen LogP) is 1.38. The summed E-state index contributed by atoms with van der Waals surface area (Å²) in [6.45, 7) is 2.24. The number of alkyl halides is 3. The standard InChI is InChI=1S/C18H22F3N3O4S/c1-13(25)22-6-2-7-24(10-9-22)29(27,28)16-4-3-14-5-8-23(12-15(14)11-16)17(26)18(19,20)21/h3-4,11H,2,5-10,12H2,1H3. The number of sulfonamides is 1. The smallest absolute Gasteiger partial charge is 0.342 e. The number of carbonyl (C=O) groups excluding carboxylic acids is 2. The van der Waals surface area contributed by atoms with Crippen molar-refractivity contribution in [3.8, 4) is 0 Å². The Morgan fingerprint density at radius 1 is 0.966 bits per heavy atom. The van der Waals surface area contributed by atoms with Crippen LogP contribution in [0.1, 0.15) is 24.5 Å². The van der Waals surface area contributed by atoms with Crippen LogP contribution in [0.4, 0.5) is 13.2 Å². The monoisotopic (exact) mass is 433 g/mol. The van der Waals surface area contributed by atoms with Gasteiger partial charge in [0, 0.05) is 46.2 Å². The maximum atomic E-state index is 13.0. The number of benzene rings is 1. The lowest BCUT2D eigenvalue weighted by Crippen LogP contribution is -2.43. The second-order valence-electron chi connectivity index (χ2n) is 7.17. The molecule has 160 valence electrons. The summed E-state index contributed by atoms with van der Waals surface area (Å²) in [5.41, 5.74) is 1.13. The van der Waals surface area contributed by atoms with Crippen molar-refractivity contribution in [2.45, 2.75) is 37.4 Å². The molecule has 2 aliphatic rings. The summed E-state index contributed by atoms with van der Waals surface area (Å²) in [5.74, 6) is -2.04. The molecule has 29 heavy (non-hydrogen) atoms. The fraction of sp³-hybridized carbons (Fsp3) is 0.556. The molecule has 1 aromatic rings. The first-order chi connectivity index (χ1) is 13.5. The van der Waals surface area contributed by atoms with Gasteiger partial charge in [0.1, 0.15) is 0 Å². The molecule has 1 fully saturated rings. The first-order valence-electron chi connectivity index (χ1n) is 9.23. The number of halogens is 3. The summed E-state index contributed by atoms with van der Waals surface area (Å²) >= 11 is 0. The van der Waals surface area contributed by atoms with Gasteiger partial charge in [0.2, 0.25) is 15.9 Å². The van der Waals surface area contributed by atoms with Crippen LogP contribution in [0, 0.1) is 0 Å². The van der Waals surface area contributed by atoms with E-state index >= 15 is 0 Å². The van der Waals surface area contributed by atoms with Crippen LogP contribution < -0.4 is 0 Å². The highest BCUT2D eigenvalue weighted by atomic mass is 32.2. The van der Waals surface area contributed by atoms with E-state index in [9.17, 15) is 31.2 Å². The van der Waals surface area contributed by atoms with E-state index in [1.165, 1.54) is 23.4 Å². The Morgan fingerprint density at radius 3 is 2.34 bits per heavy atom. The quantitative estimate of drug-likeness (QED) is 0.706. The second kappa shape index (κ2) is 7.94. The van der Waals surface area contributed by atoms with Crippen LogP contribution in [-0.2, 0) is 32.6 Å². The average molecular weight is 433 g/mol. The number of nitrogens with zero attached hydrogens (tertiary/aromatic N) is 3. The number of fused-ring (bicyclic) bond motifs is 1. The molecule has 1 aromatic carbocycles. The molecule has 0 saturated carbocycles. The third-order valence-corrected chi connectivity index (χ3v) is 7.15. The van der Waals surface area contributed by atoms with Crippen molar-refractivity contribution in [1.82, 2.24) is 14.1 Å². The Morgan fingerprint density at radius 2 is 1.69 bits per heavy atom. The normalized spacial score (nSPS) is 18.9. The van der Waals surface area contributed by atoms with Gasteiger partial charge in [-0.25, -0.2) is 8.42 Å². The van der Waals surface area contributed by atoms with Crippen molar-refractivity contribution in [3.05, 3.63) is 29.3 Å². The molecule has 0 N–H and O–H groups in total. The Balaban J connectivity index is 1.82. The number of hydrogen-bond donors (Lipinski definition) is 0. The highest BCUT2D eigenvalue weighted by Crippen LogP contribution is 2.28. The van der Waals surface area contributed by atoms with Crippen molar-refractivity contribution < 1.29 is 31.2 Å². The van der Waals surface area contributed by atoms with Crippen LogP contribution in [0.25, 0.3) is 0 Å². The maximum Gasteiger partial charge on any atom is 0.471 e. The topological polar surface area (TPSA) is 78.0 Å². The number of carbonyl (C=O) groups is 2. The molecule has 0 spiro atoms. The minimum Gasteiger partial charge on any atom is -0.342 e. The lowest BCUT2D eigenvalue weighted by Gasteiger charge is -2.30. The fourth-order valence-electron chi connectivity index (χ4n) is 3.64. The molecule has 0 radical (unpaired) electrons. The van der Waals surface area contributed by atoms with E-state index in [0.717, 1.165) is 5.56 Å². The zero-order valence-corrected chi connectivity index (χ0v) is 16.7. The molecule has 2 amide bonds. The van der Waals surface area contributed by atoms with Crippen molar-refractivity contribution in [3.63, 3.8) is 0 Å². The van der Waals surface area contributed by atoms with Gasteiger partial charge in [-0.05, 0) is 36.1 Å². The molecule has 0 aliphatic carbocycles. The molecular weight excluding hydrogens is 411 g/mol. The molecular formula is C18H22F3N3O4S. The highest BCUT2D eigenvalue weighted by Gasteiger charge is 2.43. The lowest BCUT2D eigenvalue weighted by atomic mass is 10.00. The molecule has 2 heterocycles. The summed E-state index contributed by atoms with van der Waals surface area (Å²) in [6.07, 6.45) is -4.23. The summed E-state index contributed by atoms with van der Waals surface area (Å²) in [4.78, 5) is 25.3. The second-order valence-corrected chi connectivity index (χ2v) is 9.11. The van der Waals surface area contributed by atoms with Crippen molar-refractivity contribution >= 4 is 21.8 Å². The molecule has 3 rings (SSSR count). The van der Waals surface area contributed by atoms with Crippen LogP contribution in [0.2, 0.25) is 0 Å². The van der Waals surface area contributed by atoms with Gasteiger partial charge in [0.25, 0.3) is 0 Å². The van der Waals surface area contributed by atoms with Crippen molar-refractivity contribution in [2.75, 3.05) is 32.7 Å². The number of hydrogen-bond acceptors (Lipinski definition) is 4. The molecule has 1 saturated heterocycles. The molecule has 0 bridgehead atoms. The summed E-state index contributed by atoms with van der Waals surface area (Å²) in [6, 6.07) is 4.40. The minimum absolute atomic E-state index is 0.0196.